The lowest BCUT2D eigenvalue weighted by Crippen LogP contribution is -2.36. The number of aliphatic hydroxyl groups excluding tert-OH is 2. The van der Waals surface area contributed by atoms with Gasteiger partial charge in [-0.3, -0.25) is 23.2 Å². The Morgan fingerprint density at radius 3 is 2.01 bits per heavy atom. The second-order valence-corrected chi connectivity index (χ2v) is 20.4. The van der Waals surface area contributed by atoms with E-state index in [1.165, 1.54) is 25.3 Å². The Bertz CT molecular complexity index is 1910. The number of esters is 2. The van der Waals surface area contributed by atoms with Gasteiger partial charge in [-0.2, -0.15) is 9.29 Å². The molecule has 0 radical (unpaired) electrons. The van der Waals surface area contributed by atoms with Gasteiger partial charge < -0.3 is 44.7 Å². The fourth-order valence-electron chi connectivity index (χ4n) is 7.39. The minimum atomic E-state index is -5.43. The molecule has 0 amide bonds. The number of unbranched alkanes of at least 4 members (excludes halogenated alkanes) is 12. The maximum absolute atomic E-state index is 12.9. The van der Waals surface area contributed by atoms with Crippen LogP contribution < -0.4 is 11.4 Å². The fraction of sp³-hybridized carbons (Fsp3) is 0.708. The lowest BCUT2D eigenvalue weighted by molar-refractivity contribution is -0.161. The molecule has 2 saturated heterocycles. The number of anilines is 1. The number of rotatable bonds is 39. The first-order valence-corrected chi connectivity index (χ1v) is 27.8. The van der Waals surface area contributed by atoms with E-state index in [4.69, 9.17) is 33.7 Å². The number of aliphatic hydroxyl groups is 2. The molecule has 0 spiro atoms. The van der Waals surface area contributed by atoms with Gasteiger partial charge in [-0.1, -0.05) is 120 Å². The van der Waals surface area contributed by atoms with Gasteiger partial charge in [0.25, 0.3) is 0 Å². The highest BCUT2D eigenvalue weighted by Crippen LogP contribution is 2.60. The maximum atomic E-state index is 12.9. The number of nitrogens with two attached hydrogens (primary N) is 1. The predicted octanol–water partition coefficient (Wildman–Crippen LogP) is 8.76. The van der Waals surface area contributed by atoms with Crippen LogP contribution in [0.3, 0.4) is 0 Å². The van der Waals surface area contributed by atoms with E-state index in [2.05, 4.69) is 71.8 Å². The molecule has 19 nitrogen and oxygen atoms in total. The number of ether oxygens (including phenoxy) is 4. The van der Waals surface area contributed by atoms with Crippen molar-refractivity contribution in [2.45, 2.75) is 198 Å². The van der Waals surface area contributed by atoms with Gasteiger partial charge in [0.1, 0.15) is 30.7 Å². The Kier molecular flexibility index (Phi) is 29.7. The number of carbonyl (C=O) groups excluding carboxylic acids is 2. The summed E-state index contributed by atoms with van der Waals surface area (Å²) >= 11 is 0. The lowest BCUT2D eigenvalue weighted by atomic mass is 10.1. The molecule has 2 aliphatic rings. The molecule has 0 aromatic carbocycles. The molecule has 0 aliphatic carbocycles. The van der Waals surface area contributed by atoms with Crippen LogP contribution in [-0.2, 0) is 51.0 Å². The van der Waals surface area contributed by atoms with E-state index in [-0.39, 0.29) is 18.7 Å². The van der Waals surface area contributed by atoms with Gasteiger partial charge in [0, 0.05) is 19.0 Å². The van der Waals surface area contributed by atoms with Gasteiger partial charge in [0.15, 0.2) is 12.3 Å². The molecule has 3 rings (SSSR count). The van der Waals surface area contributed by atoms with E-state index >= 15 is 0 Å². The number of phosphoric ester groups is 2. The number of carbonyl (C=O) groups is 2. The number of aromatic nitrogens is 2. The van der Waals surface area contributed by atoms with Crippen LogP contribution in [0.25, 0.3) is 0 Å². The molecule has 2 fully saturated rings. The van der Waals surface area contributed by atoms with E-state index in [1.54, 1.807) is 0 Å². The quantitative estimate of drug-likeness (QED) is 0.0135. The first-order valence-electron chi connectivity index (χ1n) is 24.8. The van der Waals surface area contributed by atoms with E-state index < -0.39 is 83.7 Å². The molecular formula is C48H79N3O16P2. The highest BCUT2D eigenvalue weighted by atomic mass is 31.3. The van der Waals surface area contributed by atoms with Gasteiger partial charge >= 0.3 is 33.3 Å². The van der Waals surface area contributed by atoms with Gasteiger partial charge in [-0.15, -0.1) is 0 Å². The summed E-state index contributed by atoms with van der Waals surface area (Å²) in [6.07, 6.45) is 30.8. The zero-order valence-electron chi connectivity index (χ0n) is 40.5. The molecule has 1 aromatic rings. The standard InChI is InChI=1S/C48H79N3O16P2/c1-3-5-7-8-9-10-11-12-13-14-15-16-20-23-27-31-43(52)61-35-38(64-44(53)32-28-24-21-18-17-19-22-26-30-40-39(65-40)29-25-6-4-2)36-62-68(57,58)67-69(59,60)63-37-41-45(54)46(55)47(66-41)51-34-33-42(49)50-48(51)56/h5,7,9-10,12-13,22,26,33-34,38-41,45-47,54-55H,3-4,6,8,11,14-21,23-25,27-32,35-37H2,1-2H3,(H,57,58)(H,59,60)(H2,49,50,56)/b7-5-,10-9-,13-12-,26-22-/t38-,39?,40?,41-,45-,46-,47-/m1/s1. The molecule has 1 aromatic heterocycles. The van der Waals surface area contributed by atoms with Crippen LogP contribution >= 0.6 is 15.6 Å². The third-order valence-electron chi connectivity index (χ3n) is 11.3. The van der Waals surface area contributed by atoms with Gasteiger partial charge in [0.05, 0.1) is 25.4 Å². The SMILES string of the molecule is CC/C=C\C/C=C\C/C=C\CCCCCCCC(=O)OC[C@H](COP(=O)(O)OP(=O)(O)OC[C@H]1O[C@@H](n2ccc(N)nc2=O)[C@H](O)[C@@H]1O)OC(=O)CCCCCCC/C=C\CC1OC1CCCCC. The van der Waals surface area contributed by atoms with Crippen molar-refractivity contribution in [1.82, 2.24) is 9.55 Å². The zero-order chi connectivity index (χ0) is 50.3. The summed E-state index contributed by atoms with van der Waals surface area (Å²) in [7, 11) is -10.9. The Labute approximate surface area is 407 Å². The Morgan fingerprint density at radius 2 is 1.35 bits per heavy atom. The second kappa shape index (κ2) is 34.1. The van der Waals surface area contributed by atoms with Crippen molar-refractivity contribution < 1.29 is 71.0 Å². The van der Waals surface area contributed by atoms with Gasteiger partial charge in [0.2, 0.25) is 0 Å². The van der Waals surface area contributed by atoms with Crippen LogP contribution in [0.1, 0.15) is 161 Å². The minimum absolute atomic E-state index is 0.0238. The van der Waals surface area contributed by atoms with Gasteiger partial charge in [-0.25, -0.2) is 13.9 Å². The monoisotopic (exact) mass is 1020 g/mol. The Hall–Kier alpha value is -3.32. The number of phosphoric acid groups is 2. The molecule has 0 bridgehead atoms. The summed E-state index contributed by atoms with van der Waals surface area (Å²) in [5.74, 6) is -1.34. The molecule has 0 saturated carbocycles. The zero-order valence-corrected chi connectivity index (χ0v) is 42.3. The molecule has 6 N–H and O–H groups in total. The molecule has 9 atom stereocenters. The number of epoxide rings is 1. The first-order chi connectivity index (χ1) is 33.1. The van der Waals surface area contributed by atoms with E-state index in [1.807, 2.05) is 0 Å². The Balaban J connectivity index is 1.41. The van der Waals surface area contributed by atoms with Crippen molar-refractivity contribution in [2.75, 3.05) is 25.6 Å². The number of nitrogen functional groups attached to an aromatic ring is 1. The smallest absolute Gasteiger partial charge is 0.462 e. The van der Waals surface area contributed by atoms with Crippen molar-refractivity contribution in [3.63, 3.8) is 0 Å². The van der Waals surface area contributed by atoms with Crippen LogP contribution in [-0.4, -0.2) is 97.9 Å². The summed E-state index contributed by atoms with van der Waals surface area (Å²) in [6, 6.07) is 1.24. The Morgan fingerprint density at radius 1 is 0.739 bits per heavy atom. The lowest BCUT2D eigenvalue weighted by Gasteiger charge is -2.21. The van der Waals surface area contributed by atoms with Crippen LogP contribution in [0, 0.1) is 0 Å². The normalized spacial score (nSPS) is 22.7. The second-order valence-electron chi connectivity index (χ2n) is 17.3. The summed E-state index contributed by atoms with van der Waals surface area (Å²) < 4.78 is 62.5. The number of hydrogen-bond donors (Lipinski definition) is 5. The molecule has 69 heavy (non-hydrogen) atoms. The molecule has 392 valence electrons. The van der Waals surface area contributed by atoms with E-state index in [0.29, 0.717) is 25.0 Å². The summed E-state index contributed by atoms with van der Waals surface area (Å²) in [6.45, 7) is 1.97. The average molecular weight is 1020 g/mol. The summed E-state index contributed by atoms with van der Waals surface area (Å²) in [4.78, 5) is 61.9. The van der Waals surface area contributed by atoms with Crippen molar-refractivity contribution in [1.29, 1.82) is 0 Å². The topological polar surface area (TPSA) is 278 Å². The highest BCUT2D eigenvalue weighted by molar-refractivity contribution is 7.61. The number of nitrogens with zero attached hydrogens (tertiary/aromatic N) is 2. The van der Waals surface area contributed by atoms with Crippen molar-refractivity contribution in [2.24, 2.45) is 0 Å². The number of hydrogen-bond acceptors (Lipinski definition) is 16. The van der Waals surface area contributed by atoms with Crippen molar-refractivity contribution in [3.8, 4) is 0 Å². The molecule has 21 heteroatoms. The first kappa shape index (κ1) is 60.0. The summed E-state index contributed by atoms with van der Waals surface area (Å²) in [5.41, 5.74) is 4.58. The van der Waals surface area contributed by atoms with Crippen molar-refractivity contribution >= 4 is 33.4 Å². The van der Waals surface area contributed by atoms with Gasteiger partial charge in [-0.05, 0) is 76.7 Å². The van der Waals surface area contributed by atoms with Crippen LogP contribution in [0.2, 0.25) is 0 Å². The van der Waals surface area contributed by atoms with Crippen LogP contribution in [0.15, 0.2) is 65.7 Å². The van der Waals surface area contributed by atoms with E-state index in [0.717, 1.165) is 107 Å². The largest absolute Gasteiger partial charge is 0.481 e. The third-order valence-corrected chi connectivity index (χ3v) is 13.9. The van der Waals surface area contributed by atoms with Crippen molar-refractivity contribution in [3.05, 3.63) is 71.4 Å². The molecule has 3 heterocycles. The molecule has 2 aliphatic heterocycles. The average Bonchev–Trinajstić information content (AvgIpc) is 3.99. The minimum Gasteiger partial charge on any atom is -0.462 e. The maximum Gasteiger partial charge on any atom is 0.481 e. The van der Waals surface area contributed by atoms with Crippen LogP contribution in [0.5, 0.6) is 0 Å². The molecular weight excluding hydrogens is 936 g/mol. The summed E-state index contributed by atoms with van der Waals surface area (Å²) in [5, 5.41) is 20.9. The molecule has 4 unspecified atom stereocenters. The van der Waals surface area contributed by atoms with E-state index in [9.17, 15) is 43.5 Å². The predicted molar refractivity (Wildman–Crippen MR) is 260 cm³/mol. The fourth-order valence-corrected chi connectivity index (χ4v) is 9.50. The third kappa shape index (κ3) is 26.6. The van der Waals surface area contributed by atoms with Crippen LogP contribution in [0.4, 0.5) is 5.82 Å². The number of allylic oxidation sites excluding steroid dienone is 7. The highest BCUT2D eigenvalue weighted by Gasteiger charge is 2.46.